The van der Waals surface area contributed by atoms with Crippen LogP contribution in [0.3, 0.4) is 0 Å². The first-order valence-electron chi connectivity index (χ1n) is 7.68. The molecule has 3 heteroatoms. The van der Waals surface area contributed by atoms with E-state index in [4.69, 9.17) is 9.47 Å². The summed E-state index contributed by atoms with van der Waals surface area (Å²) >= 11 is 0. The molecule has 3 unspecified atom stereocenters. The number of methoxy groups -OCH3 is 1. The first-order chi connectivity index (χ1) is 9.65. The van der Waals surface area contributed by atoms with E-state index >= 15 is 0 Å². The number of hydrogen-bond donors (Lipinski definition) is 1. The number of hydrogen-bond acceptors (Lipinski definition) is 3. The molecule has 1 fully saturated rings. The Kier molecular flexibility index (Phi) is 5.30. The zero-order valence-corrected chi connectivity index (χ0v) is 12.8. The summed E-state index contributed by atoms with van der Waals surface area (Å²) in [5.74, 6) is 2.15. The van der Waals surface area contributed by atoms with Gasteiger partial charge in [-0.25, -0.2) is 0 Å². The molecule has 0 radical (unpaired) electrons. The molecule has 0 spiro atoms. The number of rotatable bonds is 5. The zero-order chi connectivity index (χ0) is 14.5. The largest absolute Gasteiger partial charge is 0.493 e. The molecule has 3 atom stereocenters. The molecule has 1 N–H and O–H groups in total. The molecular weight excluding hydrogens is 252 g/mol. The monoisotopic (exact) mass is 278 g/mol. The van der Waals surface area contributed by atoms with E-state index in [-0.39, 0.29) is 0 Å². The third-order valence-corrected chi connectivity index (χ3v) is 4.31. The summed E-state index contributed by atoms with van der Waals surface area (Å²) in [7, 11) is 1.65. The second kappa shape index (κ2) is 6.98. The molecule has 112 valence electrons. The molecule has 0 bridgehead atoms. The second-order valence-corrected chi connectivity index (χ2v) is 5.70. The molecule has 0 heterocycles. The van der Waals surface area contributed by atoms with Gasteiger partial charge < -0.3 is 14.6 Å². The van der Waals surface area contributed by atoms with Crippen LogP contribution in [0.4, 0.5) is 0 Å². The predicted octanol–water partition coefficient (Wildman–Crippen LogP) is 4.10. The molecule has 1 aliphatic carbocycles. The molecule has 0 amide bonds. The van der Waals surface area contributed by atoms with Gasteiger partial charge >= 0.3 is 0 Å². The van der Waals surface area contributed by atoms with E-state index in [1.165, 1.54) is 25.7 Å². The minimum absolute atomic E-state index is 0.292. The molecule has 1 saturated carbocycles. The van der Waals surface area contributed by atoms with Crippen molar-refractivity contribution in [3.8, 4) is 11.5 Å². The molecule has 1 aromatic rings. The van der Waals surface area contributed by atoms with E-state index in [2.05, 4.69) is 6.92 Å². The summed E-state index contributed by atoms with van der Waals surface area (Å²) < 4.78 is 11.6. The highest BCUT2D eigenvalue weighted by molar-refractivity contribution is 5.43. The maximum absolute atomic E-state index is 9.64. The number of ether oxygens (including phenoxy) is 2. The van der Waals surface area contributed by atoms with Crippen molar-refractivity contribution in [3.63, 3.8) is 0 Å². The van der Waals surface area contributed by atoms with E-state index in [1.54, 1.807) is 14.0 Å². The summed E-state index contributed by atoms with van der Waals surface area (Å²) in [4.78, 5) is 0. The molecule has 0 saturated heterocycles. The van der Waals surface area contributed by atoms with Gasteiger partial charge in [-0.15, -0.1) is 0 Å². The quantitative estimate of drug-likeness (QED) is 0.881. The van der Waals surface area contributed by atoms with Crippen molar-refractivity contribution in [1.82, 2.24) is 0 Å². The highest BCUT2D eigenvalue weighted by atomic mass is 16.5. The van der Waals surface area contributed by atoms with Crippen molar-refractivity contribution in [2.45, 2.75) is 58.2 Å². The third kappa shape index (κ3) is 3.45. The average molecular weight is 278 g/mol. The molecule has 3 nitrogen and oxygen atoms in total. The minimum atomic E-state index is -0.490. The maximum atomic E-state index is 9.64. The maximum Gasteiger partial charge on any atom is 0.161 e. The fourth-order valence-corrected chi connectivity index (χ4v) is 3.00. The molecule has 0 aromatic heterocycles. The van der Waals surface area contributed by atoms with Gasteiger partial charge in [-0.3, -0.25) is 0 Å². The van der Waals surface area contributed by atoms with Gasteiger partial charge in [0, 0.05) is 0 Å². The Labute approximate surface area is 121 Å². The lowest BCUT2D eigenvalue weighted by Gasteiger charge is -2.31. The van der Waals surface area contributed by atoms with Gasteiger partial charge in [-0.05, 0) is 56.2 Å². The smallest absolute Gasteiger partial charge is 0.161 e. The van der Waals surface area contributed by atoms with Crippen molar-refractivity contribution in [3.05, 3.63) is 23.8 Å². The Bertz CT molecular complexity index is 428. The van der Waals surface area contributed by atoms with Crippen LogP contribution in [0, 0.1) is 5.92 Å². The number of benzene rings is 1. The van der Waals surface area contributed by atoms with E-state index in [0.717, 1.165) is 17.7 Å². The molecule has 2 rings (SSSR count). The number of aliphatic hydroxyl groups is 1. The van der Waals surface area contributed by atoms with Gasteiger partial charge in [0.1, 0.15) is 6.10 Å². The lowest BCUT2D eigenvalue weighted by atomic mass is 9.85. The van der Waals surface area contributed by atoms with Crippen LogP contribution >= 0.6 is 0 Å². The molecule has 1 aromatic carbocycles. The Morgan fingerprint density at radius 2 is 2.00 bits per heavy atom. The second-order valence-electron chi connectivity index (χ2n) is 5.70. The van der Waals surface area contributed by atoms with Crippen molar-refractivity contribution in [2.24, 2.45) is 5.92 Å². The van der Waals surface area contributed by atoms with Crippen molar-refractivity contribution in [2.75, 3.05) is 7.11 Å². The van der Waals surface area contributed by atoms with Gasteiger partial charge in [-0.2, -0.15) is 0 Å². The SMILES string of the molecule is CCC1CCCCC1Oc1ccc(C(C)O)cc1OC. The van der Waals surface area contributed by atoms with Crippen LogP contribution in [0.2, 0.25) is 0 Å². The van der Waals surface area contributed by atoms with E-state index in [9.17, 15) is 5.11 Å². The van der Waals surface area contributed by atoms with Gasteiger partial charge in [0.15, 0.2) is 11.5 Å². The van der Waals surface area contributed by atoms with Crippen molar-refractivity contribution in [1.29, 1.82) is 0 Å². The summed E-state index contributed by atoms with van der Waals surface area (Å²) in [6.07, 6.45) is 5.91. The minimum Gasteiger partial charge on any atom is -0.493 e. The Hall–Kier alpha value is -1.22. The zero-order valence-electron chi connectivity index (χ0n) is 12.8. The van der Waals surface area contributed by atoms with E-state index < -0.39 is 6.10 Å². The molecule has 1 aliphatic rings. The first kappa shape index (κ1) is 15.2. The van der Waals surface area contributed by atoms with E-state index in [1.807, 2.05) is 18.2 Å². The lowest BCUT2D eigenvalue weighted by Crippen LogP contribution is -2.30. The van der Waals surface area contributed by atoms with Gasteiger partial charge in [0.05, 0.1) is 13.2 Å². The van der Waals surface area contributed by atoms with Crippen LogP contribution in [0.5, 0.6) is 11.5 Å². The molecule has 0 aliphatic heterocycles. The molecule has 20 heavy (non-hydrogen) atoms. The summed E-state index contributed by atoms with van der Waals surface area (Å²) in [5.41, 5.74) is 0.852. The van der Waals surface area contributed by atoms with Crippen LogP contribution in [0.1, 0.15) is 57.6 Å². The standard InChI is InChI=1S/C17H26O3/c1-4-13-7-5-6-8-15(13)20-16-10-9-14(12(2)18)11-17(16)19-3/h9-13,15,18H,4-8H2,1-3H3. The van der Waals surface area contributed by atoms with Crippen LogP contribution in [-0.4, -0.2) is 18.3 Å². The van der Waals surface area contributed by atoms with Crippen LogP contribution < -0.4 is 9.47 Å². The Morgan fingerprint density at radius 1 is 1.25 bits per heavy atom. The highest BCUT2D eigenvalue weighted by Crippen LogP contribution is 2.35. The van der Waals surface area contributed by atoms with Crippen LogP contribution in [-0.2, 0) is 0 Å². The van der Waals surface area contributed by atoms with Gasteiger partial charge in [-0.1, -0.05) is 19.4 Å². The normalized spacial score (nSPS) is 24.2. The topological polar surface area (TPSA) is 38.7 Å². The van der Waals surface area contributed by atoms with Crippen LogP contribution in [0.15, 0.2) is 18.2 Å². The molecular formula is C17H26O3. The van der Waals surface area contributed by atoms with Crippen LogP contribution in [0.25, 0.3) is 0 Å². The number of aliphatic hydroxyl groups excluding tert-OH is 1. The third-order valence-electron chi connectivity index (χ3n) is 4.31. The Morgan fingerprint density at radius 3 is 2.65 bits per heavy atom. The lowest BCUT2D eigenvalue weighted by molar-refractivity contribution is 0.0872. The van der Waals surface area contributed by atoms with Gasteiger partial charge in [0.25, 0.3) is 0 Å². The van der Waals surface area contributed by atoms with Crippen molar-refractivity contribution < 1.29 is 14.6 Å². The first-order valence-corrected chi connectivity index (χ1v) is 7.68. The summed E-state index contributed by atoms with van der Waals surface area (Å²) in [6.45, 7) is 3.99. The highest BCUT2D eigenvalue weighted by Gasteiger charge is 2.26. The summed E-state index contributed by atoms with van der Waals surface area (Å²) in [5, 5.41) is 9.64. The summed E-state index contributed by atoms with van der Waals surface area (Å²) in [6, 6.07) is 5.69. The fourth-order valence-electron chi connectivity index (χ4n) is 3.00. The fraction of sp³-hybridized carbons (Fsp3) is 0.647. The van der Waals surface area contributed by atoms with E-state index in [0.29, 0.717) is 17.8 Å². The van der Waals surface area contributed by atoms with Crippen molar-refractivity contribution >= 4 is 0 Å². The Balaban J connectivity index is 2.15. The predicted molar refractivity (Wildman–Crippen MR) is 80.3 cm³/mol. The van der Waals surface area contributed by atoms with Gasteiger partial charge in [0.2, 0.25) is 0 Å². The average Bonchev–Trinajstić information content (AvgIpc) is 2.48.